The summed E-state index contributed by atoms with van der Waals surface area (Å²) in [6.45, 7) is 3.50. The first-order valence-corrected chi connectivity index (χ1v) is 10.9. The molecule has 0 bridgehead atoms. The standard InChI is InChI=1S/C21H21F3N6OS/c22-21(23,24)16-4-1-2-5-17(16)28-18(31)13-30-10-8-29(9-11-30)12-15-14-32-20(27-15)19-25-6-3-7-26-19/h1-7,14H,8-13H2,(H,28,31). The third-order valence-corrected chi connectivity index (χ3v) is 5.92. The van der Waals surface area contributed by atoms with E-state index in [0.29, 0.717) is 25.5 Å². The highest BCUT2D eigenvalue weighted by Gasteiger charge is 2.33. The number of carbonyl (C=O) groups is 1. The number of nitrogens with zero attached hydrogens (tertiary/aromatic N) is 5. The predicted molar refractivity (Wildman–Crippen MR) is 115 cm³/mol. The topological polar surface area (TPSA) is 74.2 Å². The van der Waals surface area contributed by atoms with Crippen molar-refractivity contribution >= 4 is 22.9 Å². The Balaban J connectivity index is 1.26. The van der Waals surface area contributed by atoms with Crippen molar-refractivity contribution in [3.05, 3.63) is 59.4 Å². The average Bonchev–Trinajstić information content (AvgIpc) is 3.24. The lowest BCUT2D eigenvalue weighted by atomic mass is 10.1. The first-order chi connectivity index (χ1) is 15.4. The van der Waals surface area contributed by atoms with Crippen molar-refractivity contribution in [3.8, 4) is 10.8 Å². The summed E-state index contributed by atoms with van der Waals surface area (Å²) in [6.07, 6.45) is -1.15. The van der Waals surface area contributed by atoms with Crippen LogP contribution in [-0.4, -0.2) is 63.4 Å². The fourth-order valence-corrected chi connectivity index (χ4v) is 4.21. The van der Waals surface area contributed by atoms with Crippen LogP contribution < -0.4 is 5.32 Å². The van der Waals surface area contributed by atoms with Gasteiger partial charge in [-0.2, -0.15) is 13.2 Å². The number of hydrogen-bond donors (Lipinski definition) is 1. The van der Waals surface area contributed by atoms with Crippen LogP contribution in [0.5, 0.6) is 0 Å². The van der Waals surface area contributed by atoms with Gasteiger partial charge in [0.2, 0.25) is 5.91 Å². The fourth-order valence-electron chi connectivity index (χ4n) is 3.46. The molecular weight excluding hydrogens is 441 g/mol. The summed E-state index contributed by atoms with van der Waals surface area (Å²) in [5.41, 5.74) is -0.125. The maximum atomic E-state index is 13.1. The second-order valence-electron chi connectivity index (χ2n) is 7.36. The quantitative estimate of drug-likeness (QED) is 0.606. The molecule has 1 saturated heterocycles. The molecule has 1 aliphatic rings. The zero-order valence-electron chi connectivity index (χ0n) is 17.0. The van der Waals surface area contributed by atoms with Crippen LogP contribution in [0.1, 0.15) is 11.3 Å². The largest absolute Gasteiger partial charge is 0.418 e. The van der Waals surface area contributed by atoms with Crippen molar-refractivity contribution in [1.29, 1.82) is 0 Å². The molecule has 0 aliphatic carbocycles. The van der Waals surface area contributed by atoms with E-state index in [0.717, 1.165) is 29.9 Å². The molecule has 0 unspecified atom stereocenters. The smallest absolute Gasteiger partial charge is 0.324 e. The molecule has 0 saturated carbocycles. The van der Waals surface area contributed by atoms with Crippen molar-refractivity contribution in [2.24, 2.45) is 0 Å². The maximum Gasteiger partial charge on any atom is 0.418 e. The van der Waals surface area contributed by atoms with Gasteiger partial charge in [-0.25, -0.2) is 15.0 Å². The molecule has 1 amide bonds. The Morgan fingerprint density at radius 1 is 1.03 bits per heavy atom. The Morgan fingerprint density at radius 3 is 2.44 bits per heavy atom. The van der Waals surface area contributed by atoms with Gasteiger partial charge >= 0.3 is 6.18 Å². The van der Waals surface area contributed by atoms with Crippen molar-refractivity contribution in [1.82, 2.24) is 24.8 Å². The summed E-state index contributed by atoms with van der Waals surface area (Å²) in [7, 11) is 0. The van der Waals surface area contributed by atoms with E-state index in [9.17, 15) is 18.0 Å². The molecular formula is C21H21F3N6OS. The molecule has 0 radical (unpaired) electrons. The van der Waals surface area contributed by atoms with Gasteiger partial charge in [0, 0.05) is 50.5 Å². The van der Waals surface area contributed by atoms with E-state index in [1.807, 2.05) is 10.3 Å². The summed E-state index contributed by atoms with van der Waals surface area (Å²) in [4.78, 5) is 29.5. The van der Waals surface area contributed by atoms with Crippen molar-refractivity contribution in [3.63, 3.8) is 0 Å². The molecule has 4 rings (SSSR count). The van der Waals surface area contributed by atoms with E-state index in [-0.39, 0.29) is 12.2 Å². The van der Waals surface area contributed by atoms with E-state index < -0.39 is 17.6 Å². The van der Waals surface area contributed by atoms with Gasteiger partial charge in [-0.15, -0.1) is 11.3 Å². The van der Waals surface area contributed by atoms with Crippen LogP contribution in [0.4, 0.5) is 18.9 Å². The zero-order valence-corrected chi connectivity index (χ0v) is 17.9. The van der Waals surface area contributed by atoms with Crippen LogP contribution in [0.25, 0.3) is 10.8 Å². The first kappa shape index (κ1) is 22.3. The number of para-hydroxylation sites is 1. The van der Waals surface area contributed by atoms with Crippen molar-refractivity contribution in [2.45, 2.75) is 12.7 Å². The monoisotopic (exact) mass is 462 g/mol. The molecule has 1 aromatic carbocycles. The van der Waals surface area contributed by atoms with Crippen molar-refractivity contribution in [2.75, 3.05) is 38.0 Å². The number of piperazine rings is 1. The summed E-state index contributed by atoms with van der Waals surface area (Å²) >= 11 is 1.50. The first-order valence-electron chi connectivity index (χ1n) is 10.0. The van der Waals surface area contributed by atoms with Gasteiger partial charge in [0.05, 0.1) is 23.5 Å². The number of carbonyl (C=O) groups excluding carboxylic acids is 1. The molecule has 0 spiro atoms. The summed E-state index contributed by atoms with van der Waals surface area (Å²) in [5, 5.41) is 5.16. The molecule has 0 atom stereocenters. The number of amides is 1. The number of anilines is 1. The van der Waals surface area contributed by atoms with E-state index in [1.165, 1.54) is 29.5 Å². The highest BCUT2D eigenvalue weighted by atomic mass is 32.1. The molecule has 3 heterocycles. The Kier molecular flexibility index (Phi) is 6.77. The number of benzene rings is 1. The Morgan fingerprint density at radius 2 is 1.72 bits per heavy atom. The Hall–Kier alpha value is -2.89. The average molecular weight is 463 g/mol. The SMILES string of the molecule is O=C(CN1CCN(Cc2csc(-c3ncccn3)n2)CC1)Nc1ccccc1C(F)(F)F. The number of thiazole rings is 1. The number of aromatic nitrogens is 3. The Bertz CT molecular complexity index is 1050. The molecule has 11 heteroatoms. The van der Waals surface area contributed by atoms with Gasteiger partial charge in [0.15, 0.2) is 10.8 Å². The molecule has 3 aromatic rings. The summed E-state index contributed by atoms with van der Waals surface area (Å²) < 4.78 is 39.3. The van der Waals surface area contributed by atoms with E-state index in [1.54, 1.807) is 18.5 Å². The lowest BCUT2D eigenvalue weighted by molar-refractivity contribution is -0.137. The third-order valence-electron chi connectivity index (χ3n) is 5.03. The minimum atomic E-state index is -4.52. The lowest BCUT2D eigenvalue weighted by Crippen LogP contribution is -2.48. The molecule has 7 nitrogen and oxygen atoms in total. The van der Waals surface area contributed by atoms with Gasteiger partial charge in [0.25, 0.3) is 0 Å². The van der Waals surface area contributed by atoms with Crippen LogP contribution in [-0.2, 0) is 17.5 Å². The predicted octanol–water partition coefficient (Wildman–Crippen LogP) is 3.38. The second kappa shape index (κ2) is 9.72. The van der Waals surface area contributed by atoms with Crippen LogP contribution >= 0.6 is 11.3 Å². The number of nitrogens with one attached hydrogen (secondary N) is 1. The number of alkyl halides is 3. The van der Waals surface area contributed by atoms with Gasteiger partial charge in [-0.1, -0.05) is 12.1 Å². The van der Waals surface area contributed by atoms with E-state index in [4.69, 9.17) is 0 Å². The van der Waals surface area contributed by atoms with Crippen LogP contribution in [0.2, 0.25) is 0 Å². The maximum absolute atomic E-state index is 13.1. The van der Waals surface area contributed by atoms with Gasteiger partial charge in [-0.05, 0) is 18.2 Å². The second-order valence-corrected chi connectivity index (χ2v) is 8.22. The van der Waals surface area contributed by atoms with E-state index in [2.05, 4.69) is 25.2 Å². The number of hydrogen-bond acceptors (Lipinski definition) is 7. The zero-order chi connectivity index (χ0) is 22.6. The molecule has 32 heavy (non-hydrogen) atoms. The molecule has 2 aromatic heterocycles. The minimum Gasteiger partial charge on any atom is -0.324 e. The highest BCUT2D eigenvalue weighted by molar-refractivity contribution is 7.13. The minimum absolute atomic E-state index is 0.0478. The van der Waals surface area contributed by atoms with Gasteiger partial charge in [-0.3, -0.25) is 14.6 Å². The molecule has 168 valence electrons. The third kappa shape index (κ3) is 5.67. The number of halogens is 3. The van der Waals surface area contributed by atoms with Crippen LogP contribution in [0.15, 0.2) is 48.1 Å². The number of rotatable bonds is 6. The normalized spacial score (nSPS) is 15.6. The highest BCUT2D eigenvalue weighted by Crippen LogP contribution is 2.34. The van der Waals surface area contributed by atoms with E-state index >= 15 is 0 Å². The summed E-state index contributed by atoms with van der Waals surface area (Å²) in [6, 6.07) is 6.75. The fraction of sp³-hybridized carbons (Fsp3) is 0.333. The molecule has 1 N–H and O–H groups in total. The summed E-state index contributed by atoms with van der Waals surface area (Å²) in [5.74, 6) is 0.147. The molecule has 1 aliphatic heterocycles. The Labute approximate surface area is 186 Å². The van der Waals surface area contributed by atoms with Crippen LogP contribution in [0, 0.1) is 0 Å². The van der Waals surface area contributed by atoms with Crippen LogP contribution in [0.3, 0.4) is 0 Å². The van der Waals surface area contributed by atoms with Gasteiger partial charge < -0.3 is 5.32 Å². The molecule has 1 fully saturated rings. The van der Waals surface area contributed by atoms with Crippen molar-refractivity contribution < 1.29 is 18.0 Å². The van der Waals surface area contributed by atoms with Gasteiger partial charge in [0.1, 0.15) is 0 Å². The lowest BCUT2D eigenvalue weighted by Gasteiger charge is -2.33.